The number of nitrogen functional groups attached to an aromatic ring is 1. The molecule has 1 rings (SSSR count). The molecule has 0 aliphatic rings. The third-order valence-electron chi connectivity index (χ3n) is 1.65. The summed E-state index contributed by atoms with van der Waals surface area (Å²) in [6.45, 7) is 6.58. The molecule has 0 bridgehead atoms. The second kappa shape index (κ2) is 4.37. The maximum Gasteiger partial charge on any atom is 0.236 e. The number of nitrogens with zero attached hydrogens (tertiary/aromatic N) is 1. The number of rotatable bonds is 1. The second-order valence-corrected chi connectivity index (χ2v) is 9.07. The van der Waals surface area contributed by atoms with Crippen molar-refractivity contribution in [2.75, 3.05) is 12.8 Å². The van der Waals surface area contributed by atoms with Gasteiger partial charge in [0.25, 0.3) is 0 Å². The first kappa shape index (κ1) is 11.6. The van der Waals surface area contributed by atoms with Crippen LogP contribution in [-0.4, -0.2) is 20.2 Å². The van der Waals surface area contributed by atoms with Gasteiger partial charge in [0.05, 0.1) is 12.8 Å². The summed E-state index contributed by atoms with van der Waals surface area (Å²) >= 11 is 0. The van der Waals surface area contributed by atoms with Gasteiger partial charge in [-0.25, -0.2) is 4.98 Å². The Morgan fingerprint density at radius 3 is 2.53 bits per heavy atom. The number of hydrogen-bond acceptors (Lipinski definition) is 3. The Morgan fingerprint density at radius 2 is 2.07 bits per heavy atom. The first-order chi connectivity index (χ1) is 6.92. The van der Waals surface area contributed by atoms with Crippen LogP contribution >= 0.6 is 0 Å². The topological polar surface area (TPSA) is 48.1 Å². The lowest BCUT2D eigenvalue weighted by Gasteiger charge is -2.04. The van der Waals surface area contributed by atoms with Crippen LogP contribution in [0.4, 0.5) is 5.69 Å². The molecule has 0 radical (unpaired) electrons. The van der Waals surface area contributed by atoms with E-state index in [1.165, 1.54) is 0 Å². The minimum absolute atomic E-state index is 0.452. The molecule has 2 N–H and O–H groups in total. The van der Waals surface area contributed by atoms with Crippen molar-refractivity contribution in [3.05, 3.63) is 17.8 Å². The van der Waals surface area contributed by atoms with Crippen LogP contribution in [0.3, 0.4) is 0 Å². The Balaban J connectivity index is 2.97. The summed E-state index contributed by atoms with van der Waals surface area (Å²) in [5, 5.41) is 0. The van der Waals surface area contributed by atoms with Gasteiger partial charge in [-0.2, -0.15) is 0 Å². The van der Waals surface area contributed by atoms with Crippen LogP contribution in [0.15, 0.2) is 12.3 Å². The van der Waals surface area contributed by atoms with Crippen LogP contribution in [0.2, 0.25) is 19.6 Å². The van der Waals surface area contributed by atoms with E-state index in [1.807, 2.05) is 0 Å². The highest BCUT2D eigenvalue weighted by Crippen LogP contribution is 2.17. The van der Waals surface area contributed by atoms with E-state index in [1.54, 1.807) is 19.4 Å². The SMILES string of the molecule is COc1ncc(C#C[Si](C)(C)C)cc1N. The van der Waals surface area contributed by atoms with Gasteiger partial charge in [0.15, 0.2) is 0 Å². The van der Waals surface area contributed by atoms with E-state index in [0.717, 1.165) is 5.56 Å². The Kier molecular flexibility index (Phi) is 3.38. The molecule has 4 heteroatoms. The molecule has 0 saturated heterocycles. The van der Waals surface area contributed by atoms with Crippen LogP contribution < -0.4 is 10.5 Å². The largest absolute Gasteiger partial charge is 0.480 e. The molecule has 0 aliphatic heterocycles. The lowest BCUT2D eigenvalue weighted by molar-refractivity contribution is 0.400. The van der Waals surface area contributed by atoms with Crippen molar-refractivity contribution in [3.63, 3.8) is 0 Å². The zero-order valence-corrected chi connectivity index (χ0v) is 10.6. The van der Waals surface area contributed by atoms with Crippen molar-refractivity contribution >= 4 is 13.8 Å². The molecule has 0 amide bonds. The fraction of sp³-hybridized carbons (Fsp3) is 0.364. The molecular formula is C11H16N2OSi. The number of anilines is 1. The average molecular weight is 220 g/mol. The normalized spacial score (nSPS) is 10.4. The molecule has 0 unspecified atom stereocenters. The number of ether oxygens (including phenoxy) is 1. The quantitative estimate of drug-likeness (QED) is 0.581. The van der Waals surface area contributed by atoms with Crippen molar-refractivity contribution < 1.29 is 4.74 Å². The summed E-state index contributed by atoms with van der Waals surface area (Å²) in [7, 11) is 0.207. The maximum atomic E-state index is 5.73. The number of methoxy groups -OCH3 is 1. The van der Waals surface area contributed by atoms with Crippen LogP contribution in [0.1, 0.15) is 5.56 Å². The van der Waals surface area contributed by atoms with Gasteiger partial charge in [-0.1, -0.05) is 25.6 Å². The summed E-state index contributed by atoms with van der Waals surface area (Å²) in [6.07, 6.45) is 1.68. The maximum absolute atomic E-state index is 5.73. The summed E-state index contributed by atoms with van der Waals surface area (Å²) in [5.41, 5.74) is 10.4. The van der Waals surface area contributed by atoms with Gasteiger partial charge in [0.2, 0.25) is 5.88 Å². The van der Waals surface area contributed by atoms with Gasteiger partial charge in [-0.3, -0.25) is 0 Å². The van der Waals surface area contributed by atoms with E-state index in [0.29, 0.717) is 11.6 Å². The Labute approximate surface area is 91.7 Å². The molecule has 80 valence electrons. The lowest BCUT2D eigenvalue weighted by atomic mass is 10.3. The van der Waals surface area contributed by atoms with Crippen molar-refractivity contribution in [1.82, 2.24) is 4.98 Å². The third kappa shape index (κ3) is 3.64. The van der Waals surface area contributed by atoms with Gasteiger partial charge in [-0.05, 0) is 6.07 Å². The number of nitrogens with two attached hydrogens (primary N) is 1. The highest BCUT2D eigenvalue weighted by molar-refractivity contribution is 6.83. The van der Waals surface area contributed by atoms with Crippen LogP contribution in [0.5, 0.6) is 5.88 Å². The Hall–Kier alpha value is -1.47. The van der Waals surface area contributed by atoms with Gasteiger partial charge >= 0.3 is 0 Å². The first-order valence-electron chi connectivity index (χ1n) is 4.75. The van der Waals surface area contributed by atoms with Gasteiger partial charge in [0.1, 0.15) is 8.07 Å². The summed E-state index contributed by atoms with van der Waals surface area (Å²) in [6, 6.07) is 1.79. The molecule has 0 aliphatic carbocycles. The molecule has 1 aromatic rings. The smallest absolute Gasteiger partial charge is 0.236 e. The van der Waals surface area contributed by atoms with Crippen LogP contribution in [0, 0.1) is 11.5 Å². The third-order valence-corrected chi connectivity index (χ3v) is 2.53. The zero-order valence-electron chi connectivity index (χ0n) is 9.59. The highest BCUT2D eigenvalue weighted by Gasteiger charge is 2.07. The van der Waals surface area contributed by atoms with Crippen molar-refractivity contribution in [3.8, 4) is 17.3 Å². The molecule has 1 heterocycles. The van der Waals surface area contributed by atoms with Gasteiger partial charge < -0.3 is 10.5 Å². The number of pyridine rings is 1. The zero-order chi connectivity index (χ0) is 11.5. The summed E-state index contributed by atoms with van der Waals surface area (Å²) in [4.78, 5) is 4.06. The molecule has 0 fully saturated rings. The molecule has 0 atom stereocenters. The molecule has 0 aromatic carbocycles. The first-order valence-corrected chi connectivity index (χ1v) is 8.25. The van der Waals surface area contributed by atoms with E-state index in [4.69, 9.17) is 10.5 Å². The van der Waals surface area contributed by atoms with Gasteiger partial charge in [-0.15, -0.1) is 5.54 Å². The predicted molar refractivity (Wildman–Crippen MR) is 65.4 cm³/mol. The van der Waals surface area contributed by atoms with Crippen molar-refractivity contribution in [1.29, 1.82) is 0 Å². The Bertz CT molecular complexity index is 413. The molecule has 0 saturated carbocycles. The van der Waals surface area contributed by atoms with E-state index in [9.17, 15) is 0 Å². The van der Waals surface area contributed by atoms with E-state index in [2.05, 4.69) is 36.1 Å². The predicted octanol–water partition coefficient (Wildman–Crippen LogP) is 1.90. The fourth-order valence-corrected chi connectivity index (χ4v) is 1.49. The molecule has 3 nitrogen and oxygen atoms in total. The van der Waals surface area contributed by atoms with Gasteiger partial charge in [0, 0.05) is 11.8 Å². The van der Waals surface area contributed by atoms with E-state index >= 15 is 0 Å². The van der Waals surface area contributed by atoms with E-state index in [-0.39, 0.29) is 0 Å². The second-order valence-electron chi connectivity index (χ2n) is 4.32. The standard InChI is InChI=1S/C11H16N2OSi/c1-14-11-10(12)7-9(8-13-11)5-6-15(2,3)4/h7-8H,12H2,1-4H3. The molecule has 0 spiro atoms. The monoisotopic (exact) mass is 220 g/mol. The highest BCUT2D eigenvalue weighted by atomic mass is 28.3. The molecular weight excluding hydrogens is 204 g/mol. The molecule has 15 heavy (non-hydrogen) atoms. The minimum Gasteiger partial charge on any atom is -0.480 e. The molecule has 1 aromatic heterocycles. The number of hydrogen-bond donors (Lipinski definition) is 1. The van der Waals surface area contributed by atoms with Crippen LogP contribution in [-0.2, 0) is 0 Å². The Morgan fingerprint density at radius 1 is 1.40 bits per heavy atom. The fourth-order valence-electron chi connectivity index (χ4n) is 0.968. The minimum atomic E-state index is -1.34. The van der Waals surface area contributed by atoms with Crippen molar-refractivity contribution in [2.45, 2.75) is 19.6 Å². The summed E-state index contributed by atoms with van der Waals surface area (Å²) < 4.78 is 4.97. The number of aromatic nitrogens is 1. The van der Waals surface area contributed by atoms with Crippen molar-refractivity contribution in [2.24, 2.45) is 0 Å². The summed E-state index contributed by atoms with van der Waals surface area (Å²) in [5.74, 6) is 3.54. The van der Waals surface area contributed by atoms with Crippen LogP contribution in [0.25, 0.3) is 0 Å². The average Bonchev–Trinajstić information content (AvgIpc) is 2.14. The van der Waals surface area contributed by atoms with E-state index < -0.39 is 8.07 Å². The lowest BCUT2D eigenvalue weighted by Crippen LogP contribution is -2.16.